The second-order valence-electron chi connectivity index (χ2n) is 4.75. The summed E-state index contributed by atoms with van der Waals surface area (Å²) in [7, 11) is -0.285. The molecule has 0 saturated carbocycles. The third-order valence-corrected chi connectivity index (χ3v) is 5.10. The molecule has 1 N–H and O–H groups in total. The number of carbonyl (C=O) groups excluding carboxylic acids is 1. The van der Waals surface area contributed by atoms with Crippen LogP contribution in [0.15, 0.2) is 0 Å². The first kappa shape index (κ1) is 15.4. The van der Waals surface area contributed by atoms with E-state index in [0.29, 0.717) is 32.5 Å². The van der Waals surface area contributed by atoms with Crippen molar-refractivity contribution in [2.24, 2.45) is 5.92 Å². The van der Waals surface area contributed by atoms with Crippen molar-refractivity contribution >= 4 is 16.1 Å². The normalized spacial score (nSPS) is 19.1. The molecule has 0 aliphatic carbocycles. The quantitative estimate of drug-likeness (QED) is 0.771. The maximum Gasteiger partial charge on any atom is 0.281 e. The fourth-order valence-electron chi connectivity index (χ4n) is 1.97. The predicted molar refractivity (Wildman–Crippen MR) is 70.2 cm³/mol. The highest BCUT2D eigenvalue weighted by molar-refractivity contribution is 7.86. The van der Waals surface area contributed by atoms with Crippen molar-refractivity contribution in [2.75, 3.05) is 33.7 Å². The van der Waals surface area contributed by atoms with Gasteiger partial charge in [0.1, 0.15) is 0 Å². The number of rotatable bonds is 5. The SMILES string of the molecule is CCCNC(=O)C1CCN(S(=O)(=O)N(C)C)CC1. The van der Waals surface area contributed by atoms with Gasteiger partial charge in [0, 0.05) is 39.6 Å². The highest BCUT2D eigenvalue weighted by atomic mass is 32.2. The molecule has 1 fully saturated rings. The molecule has 1 saturated heterocycles. The zero-order chi connectivity index (χ0) is 13.8. The fraction of sp³-hybridized carbons (Fsp3) is 0.909. The predicted octanol–water partition coefficient (Wildman–Crippen LogP) is 0.0310. The number of nitrogens with one attached hydrogen (secondary N) is 1. The Kier molecular flexibility index (Phi) is 5.55. The minimum Gasteiger partial charge on any atom is -0.356 e. The summed E-state index contributed by atoms with van der Waals surface area (Å²) in [5, 5.41) is 2.86. The van der Waals surface area contributed by atoms with E-state index < -0.39 is 10.2 Å². The Balaban J connectivity index is 2.49. The van der Waals surface area contributed by atoms with Crippen molar-refractivity contribution in [1.82, 2.24) is 13.9 Å². The van der Waals surface area contributed by atoms with Crippen LogP contribution < -0.4 is 5.32 Å². The van der Waals surface area contributed by atoms with E-state index in [1.54, 1.807) is 0 Å². The summed E-state index contributed by atoms with van der Waals surface area (Å²) in [5.41, 5.74) is 0. The Bertz CT molecular complexity index is 373. The minimum absolute atomic E-state index is 0.0508. The molecule has 18 heavy (non-hydrogen) atoms. The van der Waals surface area contributed by atoms with Gasteiger partial charge in [-0.05, 0) is 19.3 Å². The van der Waals surface area contributed by atoms with Crippen LogP contribution >= 0.6 is 0 Å². The van der Waals surface area contributed by atoms with Gasteiger partial charge in [-0.2, -0.15) is 17.0 Å². The van der Waals surface area contributed by atoms with E-state index in [9.17, 15) is 13.2 Å². The lowest BCUT2D eigenvalue weighted by Gasteiger charge is -2.32. The Morgan fingerprint density at radius 1 is 1.33 bits per heavy atom. The number of nitrogens with zero attached hydrogens (tertiary/aromatic N) is 2. The summed E-state index contributed by atoms with van der Waals surface area (Å²) in [4.78, 5) is 11.8. The van der Waals surface area contributed by atoms with Crippen molar-refractivity contribution < 1.29 is 13.2 Å². The van der Waals surface area contributed by atoms with Crippen LogP contribution in [0, 0.1) is 5.92 Å². The van der Waals surface area contributed by atoms with Crippen LogP contribution in [-0.2, 0) is 15.0 Å². The number of amides is 1. The average molecular weight is 277 g/mol. The lowest BCUT2D eigenvalue weighted by molar-refractivity contribution is -0.126. The summed E-state index contributed by atoms with van der Waals surface area (Å²) >= 11 is 0. The third kappa shape index (κ3) is 3.66. The molecule has 106 valence electrons. The average Bonchev–Trinajstić information content (AvgIpc) is 2.35. The Labute approximate surface area is 110 Å². The molecule has 0 atom stereocenters. The van der Waals surface area contributed by atoms with E-state index in [-0.39, 0.29) is 11.8 Å². The van der Waals surface area contributed by atoms with E-state index in [4.69, 9.17) is 0 Å². The van der Waals surface area contributed by atoms with Gasteiger partial charge in [0.25, 0.3) is 10.2 Å². The fourth-order valence-corrected chi connectivity index (χ4v) is 3.11. The van der Waals surface area contributed by atoms with Crippen LogP contribution in [0.2, 0.25) is 0 Å². The summed E-state index contributed by atoms with van der Waals surface area (Å²) in [6.07, 6.45) is 2.12. The first-order chi connectivity index (χ1) is 8.39. The van der Waals surface area contributed by atoms with Gasteiger partial charge in [-0.25, -0.2) is 0 Å². The van der Waals surface area contributed by atoms with Crippen molar-refractivity contribution in [3.05, 3.63) is 0 Å². The van der Waals surface area contributed by atoms with Crippen LogP contribution in [0.3, 0.4) is 0 Å². The molecule has 0 unspecified atom stereocenters. The van der Waals surface area contributed by atoms with Crippen molar-refractivity contribution in [2.45, 2.75) is 26.2 Å². The van der Waals surface area contributed by atoms with Crippen molar-refractivity contribution in [3.8, 4) is 0 Å². The van der Waals surface area contributed by atoms with Gasteiger partial charge in [0.2, 0.25) is 5.91 Å². The second kappa shape index (κ2) is 6.49. The molecule has 1 heterocycles. The smallest absolute Gasteiger partial charge is 0.281 e. The molecule has 7 heteroatoms. The molecule has 1 aliphatic rings. The van der Waals surface area contributed by atoms with Crippen LogP contribution in [0.25, 0.3) is 0 Å². The van der Waals surface area contributed by atoms with Gasteiger partial charge in [0.15, 0.2) is 0 Å². The van der Waals surface area contributed by atoms with Crippen LogP contribution in [0.5, 0.6) is 0 Å². The minimum atomic E-state index is -3.33. The molecule has 0 spiro atoms. The molecule has 0 aromatic rings. The van der Waals surface area contributed by atoms with Gasteiger partial charge in [-0.15, -0.1) is 0 Å². The van der Waals surface area contributed by atoms with Crippen molar-refractivity contribution in [1.29, 1.82) is 0 Å². The van der Waals surface area contributed by atoms with Crippen LogP contribution in [0.1, 0.15) is 26.2 Å². The van der Waals surface area contributed by atoms with Gasteiger partial charge in [0.05, 0.1) is 0 Å². The van der Waals surface area contributed by atoms with Gasteiger partial charge in [-0.3, -0.25) is 4.79 Å². The van der Waals surface area contributed by atoms with Crippen LogP contribution in [-0.4, -0.2) is 56.7 Å². The molecule has 0 radical (unpaired) electrons. The third-order valence-electron chi connectivity index (χ3n) is 3.16. The molecule has 0 aromatic carbocycles. The zero-order valence-corrected chi connectivity index (χ0v) is 12.2. The maximum atomic E-state index is 11.9. The van der Waals surface area contributed by atoms with Gasteiger partial charge >= 0.3 is 0 Å². The maximum absolute atomic E-state index is 11.9. The number of piperidine rings is 1. The number of carbonyl (C=O) groups is 1. The molecule has 1 rings (SSSR count). The van der Waals surface area contributed by atoms with E-state index in [1.165, 1.54) is 22.7 Å². The second-order valence-corrected chi connectivity index (χ2v) is 6.90. The van der Waals surface area contributed by atoms with Gasteiger partial charge in [-0.1, -0.05) is 6.92 Å². The highest BCUT2D eigenvalue weighted by Crippen LogP contribution is 2.20. The van der Waals surface area contributed by atoms with E-state index in [0.717, 1.165) is 6.42 Å². The van der Waals surface area contributed by atoms with Crippen LogP contribution in [0.4, 0.5) is 0 Å². The Morgan fingerprint density at radius 3 is 2.33 bits per heavy atom. The number of hydrogen-bond acceptors (Lipinski definition) is 3. The summed E-state index contributed by atoms with van der Waals surface area (Å²) < 4.78 is 26.4. The largest absolute Gasteiger partial charge is 0.356 e. The van der Waals surface area contributed by atoms with E-state index >= 15 is 0 Å². The monoisotopic (exact) mass is 277 g/mol. The lowest BCUT2D eigenvalue weighted by Crippen LogP contribution is -2.46. The molecule has 0 aromatic heterocycles. The van der Waals surface area contributed by atoms with E-state index in [1.807, 2.05) is 6.92 Å². The first-order valence-electron chi connectivity index (χ1n) is 6.35. The standard InChI is InChI=1S/C11H23N3O3S/c1-4-7-12-11(15)10-5-8-14(9-6-10)18(16,17)13(2)3/h10H,4-9H2,1-3H3,(H,12,15). The lowest BCUT2D eigenvalue weighted by atomic mass is 9.97. The molecular formula is C11H23N3O3S. The highest BCUT2D eigenvalue weighted by Gasteiger charge is 2.31. The molecule has 1 amide bonds. The van der Waals surface area contributed by atoms with Crippen molar-refractivity contribution in [3.63, 3.8) is 0 Å². The topological polar surface area (TPSA) is 69.7 Å². The first-order valence-corrected chi connectivity index (χ1v) is 7.74. The molecule has 1 aliphatic heterocycles. The molecule has 0 bridgehead atoms. The Hall–Kier alpha value is -0.660. The summed E-state index contributed by atoms with van der Waals surface area (Å²) in [5.74, 6) is 0.00362. The zero-order valence-electron chi connectivity index (χ0n) is 11.3. The Morgan fingerprint density at radius 2 is 1.89 bits per heavy atom. The summed E-state index contributed by atoms with van der Waals surface area (Å²) in [6, 6.07) is 0. The van der Waals surface area contributed by atoms with E-state index in [2.05, 4.69) is 5.32 Å². The summed E-state index contributed by atoms with van der Waals surface area (Å²) in [6.45, 7) is 3.54. The molecule has 6 nitrogen and oxygen atoms in total. The van der Waals surface area contributed by atoms with Gasteiger partial charge < -0.3 is 5.32 Å². The number of hydrogen-bond donors (Lipinski definition) is 1. The molecular weight excluding hydrogens is 254 g/mol.